The van der Waals surface area contributed by atoms with Crippen LogP contribution >= 0.6 is 0 Å². The van der Waals surface area contributed by atoms with E-state index in [-0.39, 0.29) is 0 Å². The second kappa shape index (κ2) is 2.02. The second-order valence-corrected chi connectivity index (χ2v) is 0.975. The lowest BCUT2D eigenvalue weighted by molar-refractivity contribution is -0.110. The van der Waals surface area contributed by atoms with Crippen LogP contribution in [-0.2, 0) is 0 Å². The highest BCUT2D eigenvalue weighted by Gasteiger charge is 2.34. The first-order valence-corrected chi connectivity index (χ1v) is 1.55. The van der Waals surface area contributed by atoms with Crippen LogP contribution in [0.3, 0.4) is 0 Å². The molecule has 0 unspecified atom stereocenters. The number of hydrogen-bond donors (Lipinski definition) is 1. The van der Waals surface area contributed by atoms with Crippen molar-refractivity contribution in [2.75, 3.05) is 0 Å². The Bertz CT molecular complexity index is 102. The first-order chi connectivity index (χ1) is 3.48. The third-order valence-electron chi connectivity index (χ3n) is 0.384. The molecule has 0 heterocycles. The van der Waals surface area contributed by atoms with Gasteiger partial charge in [0.05, 0.1) is 0 Å². The molecular formula is C3H2F4O. The highest BCUT2D eigenvalue weighted by atomic mass is 19.4. The first kappa shape index (κ1) is 7.26. The minimum absolute atomic E-state index is 0.625. The SMILES string of the molecule is OC=C(F)C(F)(F)F. The Morgan fingerprint density at radius 2 is 1.75 bits per heavy atom. The molecule has 0 aliphatic heterocycles. The van der Waals surface area contributed by atoms with E-state index in [1.807, 2.05) is 0 Å². The average molecular weight is 130 g/mol. The van der Waals surface area contributed by atoms with E-state index in [2.05, 4.69) is 0 Å². The van der Waals surface area contributed by atoms with Gasteiger partial charge in [0.2, 0.25) is 5.83 Å². The van der Waals surface area contributed by atoms with Gasteiger partial charge >= 0.3 is 6.18 Å². The summed E-state index contributed by atoms with van der Waals surface area (Å²) in [5.74, 6) is -2.49. The molecule has 0 amide bonds. The molecular weight excluding hydrogens is 128 g/mol. The summed E-state index contributed by atoms with van der Waals surface area (Å²) < 4.78 is 43.7. The summed E-state index contributed by atoms with van der Waals surface area (Å²) in [5.41, 5.74) is 0. The van der Waals surface area contributed by atoms with Crippen molar-refractivity contribution < 1.29 is 22.7 Å². The van der Waals surface area contributed by atoms with Crippen LogP contribution in [0, 0.1) is 0 Å². The Kier molecular flexibility index (Phi) is 1.83. The maximum absolute atomic E-state index is 11.1. The molecule has 0 bridgehead atoms. The molecule has 8 heavy (non-hydrogen) atoms. The van der Waals surface area contributed by atoms with Crippen molar-refractivity contribution in [1.29, 1.82) is 0 Å². The van der Waals surface area contributed by atoms with E-state index in [4.69, 9.17) is 5.11 Å². The van der Waals surface area contributed by atoms with E-state index in [1.54, 1.807) is 0 Å². The molecule has 0 radical (unpaired) electrons. The van der Waals surface area contributed by atoms with Crippen LogP contribution in [0.5, 0.6) is 0 Å². The standard InChI is InChI=1S/C3H2F4O/c4-2(1-8)3(5,6)7/h1,8H. The van der Waals surface area contributed by atoms with E-state index in [9.17, 15) is 17.6 Å². The maximum atomic E-state index is 11.1. The van der Waals surface area contributed by atoms with Crippen molar-refractivity contribution in [2.24, 2.45) is 0 Å². The topological polar surface area (TPSA) is 20.2 Å². The lowest BCUT2D eigenvalue weighted by atomic mass is 10.6. The van der Waals surface area contributed by atoms with Crippen molar-refractivity contribution in [1.82, 2.24) is 0 Å². The molecule has 1 nitrogen and oxygen atoms in total. The summed E-state index contributed by atoms with van der Waals surface area (Å²) >= 11 is 0. The Hall–Kier alpha value is -0.740. The summed E-state index contributed by atoms with van der Waals surface area (Å²) in [5, 5.41) is 7.41. The minimum atomic E-state index is -5.05. The Labute approximate surface area is 42.2 Å². The van der Waals surface area contributed by atoms with Gasteiger partial charge in [-0.3, -0.25) is 0 Å². The third kappa shape index (κ3) is 1.81. The molecule has 0 fully saturated rings. The van der Waals surface area contributed by atoms with Crippen molar-refractivity contribution in [3.8, 4) is 0 Å². The normalized spacial score (nSPS) is 14.2. The van der Waals surface area contributed by atoms with Crippen LogP contribution in [0.25, 0.3) is 0 Å². The van der Waals surface area contributed by atoms with E-state index in [0.29, 0.717) is 0 Å². The van der Waals surface area contributed by atoms with Gasteiger partial charge in [-0.2, -0.15) is 17.6 Å². The van der Waals surface area contributed by atoms with Gasteiger partial charge in [-0.05, 0) is 0 Å². The van der Waals surface area contributed by atoms with Gasteiger partial charge in [0.25, 0.3) is 0 Å². The smallest absolute Gasteiger partial charge is 0.446 e. The third-order valence-corrected chi connectivity index (χ3v) is 0.384. The van der Waals surface area contributed by atoms with Crippen molar-refractivity contribution >= 4 is 0 Å². The van der Waals surface area contributed by atoms with Crippen LogP contribution in [0.2, 0.25) is 0 Å². The molecule has 5 heteroatoms. The van der Waals surface area contributed by atoms with Crippen LogP contribution in [0.4, 0.5) is 17.6 Å². The number of allylic oxidation sites excluding steroid dienone is 1. The van der Waals surface area contributed by atoms with Gasteiger partial charge in [0, 0.05) is 0 Å². The fraction of sp³-hybridized carbons (Fsp3) is 0.333. The molecule has 0 aromatic heterocycles. The van der Waals surface area contributed by atoms with Crippen molar-refractivity contribution in [3.05, 3.63) is 12.1 Å². The molecule has 0 aliphatic rings. The van der Waals surface area contributed by atoms with Crippen LogP contribution < -0.4 is 0 Å². The zero-order valence-electron chi connectivity index (χ0n) is 3.54. The van der Waals surface area contributed by atoms with Crippen LogP contribution in [-0.4, -0.2) is 11.3 Å². The first-order valence-electron chi connectivity index (χ1n) is 1.55. The lowest BCUT2D eigenvalue weighted by Gasteiger charge is -1.98. The van der Waals surface area contributed by atoms with Gasteiger partial charge < -0.3 is 5.11 Å². The van der Waals surface area contributed by atoms with Gasteiger partial charge in [0.1, 0.15) is 6.26 Å². The maximum Gasteiger partial charge on any atom is 0.446 e. The predicted molar refractivity (Wildman–Crippen MR) is 17.9 cm³/mol. The number of aliphatic hydroxyl groups excluding tert-OH is 1. The fourth-order valence-corrected chi connectivity index (χ4v) is 0.0732. The summed E-state index contributed by atoms with van der Waals surface area (Å²) in [6, 6.07) is 0. The molecule has 0 aromatic rings. The highest BCUT2D eigenvalue weighted by Crippen LogP contribution is 2.25. The van der Waals surface area contributed by atoms with Crippen LogP contribution in [0.1, 0.15) is 0 Å². The van der Waals surface area contributed by atoms with E-state index >= 15 is 0 Å². The lowest BCUT2D eigenvalue weighted by Crippen LogP contribution is -2.07. The Morgan fingerprint density at radius 1 is 1.38 bits per heavy atom. The molecule has 0 atom stereocenters. The minimum Gasteiger partial charge on any atom is -0.513 e. The zero-order chi connectivity index (χ0) is 6.78. The molecule has 1 N–H and O–H groups in total. The van der Waals surface area contributed by atoms with E-state index < -0.39 is 18.3 Å². The number of hydrogen-bond acceptors (Lipinski definition) is 1. The molecule has 0 saturated carbocycles. The van der Waals surface area contributed by atoms with Gasteiger partial charge in [-0.25, -0.2) is 0 Å². The molecule has 48 valence electrons. The monoisotopic (exact) mass is 130 g/mol. The Balaban J connectivity index is 4.03. The summed E-state index contributed by atoms with van der Waals surface area (Å²) in [6.45, 7) is 0. The number of halogens is 4. The Morgan fingerprint density at radius 3 is 1.75 bits per heavy atom. The summed E-state index contributed by atoms with van der Waals surface area (Å²) in [7, 11) is 0. The zero-order valence-corrected chi connectivity index (χ0v) is 3.54. The largest absolute Gasteiger partial charge is 0.513 e. The summed E-state index contributed by atoms with van der Waals surface area (Å²) in [4.78, 5) is 0. The second-order valence-electron chi connectivity index (χ2n) is 0.975. The number of rotatable bonds is 0. The summed E-state index contributed by atoms with van der Waals surface area (Å²) in [6.07, 6.45) is -5.67. The average Bonchev–Trinajstić information content (AvgIpc) is 1.62. The molecule has 0 spiro atoms. The van der Waals surface area contributed by atoms with E-state index in [0.717, 1.165) is 0 Å². The molecule has 0 saturated heterocycles. The highest BCUT2D eigenvalue weighted by molar-refractivity contribution is 4.92. The van der Waals surface area contributed by atoms with Gasteiger partial charge in [0.15, 0.2) is 0 Å². The van der Waals surface area contributed by atoms with Crippen LogP contribution in [0.15, 0.2) is 12.1 Å². The molecule has 0 aromatic carbocycles. The number of aliphatic hydroxyl groups is 1. The van der Waals surface area contributed by atoms with E-state index in [1.165, 1.54) is 0 Å². The number of alkyl halides is 3. The van der Waals surface area contributed by atoms with Gasteiger partial charge in [-0.15, -0.1) is 0 Å². The van der Waals surface area contributed by atoms with Crippen molar-refractivity contribution in [2.45, 2.75) is 6.18 Å². The van der Waals surface area contributed by atoms with Crippen molar-refractivity contribution in [3.63, 3.8) is 0 Å². The molecule has 0 aliphatic carbocycles. The molecule has 0 rings (SSSR count). The fourth-order valence-electron chi connectivity index (χ4n) is 0.0732. The quantitative estimate of drug-likeness (QED) is 0.392. The predicted octanol–water partition coefficient (Wildman–Crippen LogP) is 1.92. The van der Waals surface area contributed by atoms with Gasteiger partial charge in [-0.1, -0.05) is 0 Å².